The molecule has 19 heavy (non-hydrogen) atoms. The van der Waals surface area contributed by atoms with Crippen molar-refractivity contribution >= 4 is 23.0 Å². The van der Waals surface area contributed by atoms with Crippen molar-refractivity contribution in [2.75, 3.05) is 5.32 Å². The molecule has 1 aliphatic heterocycles. The Balaban J connectivity index is 2.01. The molecule has 1 heterocycles. The molecule has 0 fully saturated rings. The van der Waals surface area contributed by atoms with Crippen molar-refractivity contribution < 1.29 is 9.59 Å². The molecule has 0 aromatic heterocycles. The highest BCUT2D eigenvalue weighted by Gasteiger charge is 2.24. The van der Waals surface area contributed by atoms with Gasteiger partial charge in [0, 0.05) is 16.8 Å². The number of hydrogen-bond donors (Lipinski definition) is 1. The van der Waals surface area contributed by atoms with Gasteiger partial charge in [-0.25, -0.2) is 0 Å². The molecule has 1 amide bonds. The van der Waals surface area contributed by atoms with Gasteiger partial charge in [-0.3, -0.25) is 9.59 Å². The Hall–Kier alpha value is -2.68. The van der Waals surface area contributed by atoms with E-state index in [1.807, 2.05) is 30.3 Å². The number of rotatable bonds is 2. The first kappa shape index (κ1) is 11.4. The highest BCUT2D eigenvalue weighted by Crippen LogP contribution is 2.31. The predicted molar refractivity (Wildman–Crippen MR) is 73.8 cm³/mol. The number of benzene rings is 2. The van der Waals surface area contributed by atoms with Gasteiger partial charge in [-0.05, 0) is 12.1 Å². The Bertz CT molecular complexity index is 687. The summed E-state index contributed by atoms with van der Waals surface area (Å²) in [5, 5.41) is 2.74. The molecule has 0 unspecified atom stereocenters. The third-order valence-corrected chi connectivity index (χ3v) is 3.04. The summed E-state index contributed by atoms with van der Waals surface area (Å²) in [6, 6.07) is 16.3. The van der Waals surface area contributed by atoms with Gasteiger partial charge in [0.2, 0.25) is 0 Å². The maximum absolute atomic E-state index is 12.1. The molecule has 0 saturated carbocycles. The second-order valence-corrected chi connectivity index (χ2v) is 4.29. The molecule has 3 rings (SSSR count). The van der Waals surface area contributed by atoms with Crippen LogP contribution in [0.1, 0.15) is 15.9 Å². The fraction of sp³-hybridized carbons (Fsp3) is 0. The molecule has 0 spiro atoms. The van der Waals surface area contributed by atoms with E-state index in [9.17, 15) is 9.59 Å². The van der Waals surface area contributed by atoms with Gasteiger partial charge in [0.25, 0.3) is 5.91 Å². The minimum atomic E-state index is -0.231. The van der Waals surface area contributed by atoms with Gasteiger partial charge in [-0.2, -0.15) is 0 Å². The minimum Gasteiger partial charge on any atom is -0.321 e. The van der Waals surface area contributed by atoms with E-state index in [1.54, 1.807) is 24.3 Å². The van der Waals surface area contributed by atoms with Crippen LogP contribution in [0.3, 0.4) is 0 Å². The second-order valence-electron chi connectivity index (χ2n) is 4.29. The molecule has 1 N–H and O–H groups in total. The summed E-state index contributed by atoms with van der Waals surface area (Å²) < 4.78 is 0. The molecule has 0 radical (unpaired) electrons. The molecule has 2 aromatic rings. The SMILES string of the molecule is O=C1Nc2ccccc2/C1=C\C(=O)c1ccccc1. The van der Waals surface area contributed by atoms with E-state index in [2.05, 4.69) is 5.32 Å². The molecule has 0 atom stereocenters. The number of fused-ring (bicyclic) bond motifs is 1. The van der Waals surface area contributed by atoms with E-state index in [4.69, 9.17) is 0 Å². The van der Waals surface area contributed by atoms with Crippen molar-refractivity contribution in [2.45, 2.75) is 0 Å². The highest BCUT2D eigenvalue weighted by atomic mass is 16.2. The Morgan fingerprint density at radius 1 is 0.947 bits per heavy atom. The molecule has 2 aromatic carbocycles. The average molecular weight is 249 g/mol. The van der Waals surface area contributed by atoms with Crippen LogP contribution in [0.5, 0.6) is 0 Å². The number of hydrogen-bond acceptors (Lipinski definition) is 2. The number of nitrogens with one attached hydrogen (secondary N) is 1. The predicted octanol–water partition coefficient (Wildman–Crippen LogP) is 2.91. The van der Waals surface area contributed by atoms with E-state index in [0.29, 0.717) is 11.1 Å². The van der Waals surface area contributed by atoms with E-state index in [1.165, 1.54) is 6.08 Å². The average Bonchev–Trinajstić information content (AvgIpc) is 2.76. The molecule has 92 valence electrons. The smallest absolute Gasteiger partial charge is 0.256 e. The Morgan fingerprint density at radius 3 is 2.42 bits per heavy atom. The zero-order valence-corrected chi connectivity index (χ0v) is 10.1. The lowest BCUT2D eigenvalue weighted by Gasteiger charge is -1.98. The van der Waals surface area contributed by atoms with Crippen molar-refractivity contribution in [3.63, 3.8) is 0 Å². The topological polar surface area (TPSA) is 46.2 Å². The number of amides is 1. The van der Waals surface area contributed by atoms with Crippen LogP contribution in [-0.2, 0) is 4.79 Å². The number of para-hydroxylation sites is 1. The maximum Gasteiger partial charge on any atom is 0.256 e. The summed E-state index contributed by atoms with van der Waals surface area (Å²) in [6.45, 7) is 0. The summed E-state index contributed by atoms with van der Waals surface area (Å²) >= 11 is 0. The quantitative estimate of drug-likeness (QED) is 0.657. The minimum absolute atomic E-state index is 0.164. The van der Waals surface area contributed by atoms with E-state index in [-0.39, 0.29) is 11.7 Å². The third kappa shape index (κ3) is 2.06. The molecule has 0 bridgehead atoms. The van der Waals surface area contributed by atoms with Crippen LogP contribution in [0.4, 0.5) is 5.69 Å². The summed E-state index contributed by atoms with van der Waals surface area (Å²) in [5.41, 5.74) is 2.52. The molecule has 0 saturated heterocycles. The molecule has 3 heteroatoms. The largest absolute Gasteiger partial charge is 0.321 e. The van der Waals surface area contributed by atoms with E-state index < -0.39 is 0 Å². The first-order valence-electron chi connectivity index (χ1n) is 5.97. The van der Waals surface area contributed by atoms with Crippen molar-refractivity contribution in [2.24, 2.45) is 0 Å². The molecular weight excluding hydrogens is 238 g/mol. The summed E-state index contributed by atoms with van der Waals surface area (Å²) in [6.07, 6.45) is 1.40. The van der Waals surface area contributed by atoms with Gasteiger partial charge in [0.05, 0.1) is 5.57 Å². The molecular formula is C16H11NO2. The van der Waals surface area contributed by atoms with E-state index in [0.717, 1.165) is 11.3 Å². The molecule has 0 aliphatic carbocycles. The highest BCUT2D eigenvalue weighted by molar-refractivity contribution is 6.35. The number of carbonyl (C=O) groups excluding carboxylic acids is 2. The van der Waals surface area contributed by atoms with Gasteiger partial charge in [0.15, 0.2) is 5.78 Å². The number of anilines is 1. The van der Waals surface area contributed by atoms with Crippen molar-refractivity contribution in [3.8, 4) is 0 Å². The normalized spacial score (nSPS) is 15.2. The van der Waals surface area contributed by atoms with Crippen LogP contribution in [0.15, 0.2) is 60.7 Å². The van der Waals surface area contributed by atoms with Crippen LogP contribution in [0, 0.1) is 0 Å². The molecule has 3 nitrogen and oxygen atoms in total. The standard InChI is InChI=1S/C16H11NO2/c18-15(11-6-2-1-3-7-11)10-13-12-8-4-5-9-14(12)17-16(13)19/h1-10H,(H,17,19)/b13-10+. The summed E-state index contributed by atoms with van der Waals surface area (Å²) in [5.74, 6) is -0.395. The van der Waals surface area contributed by atoms with Crippen molar-refractivity contribution in [3.05, 3.63) is 71.8 Å². The lowest BCUT2D eigenvalue weighted by atomic mass is 10.0. The Labute approximate surface area is 110 Å². The van der Waals surface area contributed by atoms with Gasteiger partial charge < -0.3 is 5.32 Å². The fourth-order valence-electron chi connectivity index (χ4n) is 2.10. The fourth-order valence-corrected chi connectivity index (χ4v) is 2.10. The van der Waals surface area contributed by atoms with Gasteiger partial charge in [-0.15, -0.1) is 0 Å². The van der Waals surface area contributed by atoms with Gasteiger partial charge >= 0.3 is 0 Å². The van der Waals surface area contributed by atoms with Crippen LogP contribution in [0.25, 0.3) is 5.57 Å². The summed E-state index contributed by atoms with van der Waals surface area (Å²) in [4.78, 5) is 24.0. The lowest BCUT2D eigenvalue weighted by molar-refractivity contribution is -0.110. The van der Waals surface area contributed by atoms with Gasteiger partial charge in [0.1, 0.15) is 0 Å². The third-order valence-electron chi connectivity index (χ3n) is 3.04. The molecule has 1 aliphatic rings. The number of carbonyl (C=O) groups is 2. The number of allylic oxidation sites excluding steroid dienone is 1. The van der Waals surface area contributed by atoms with Crippen LogP contribution in [-0.4, -0.2) is 11.7 Å². The monoisotopic (exact) mass is 249 g/mol. The van der Waals surface area contributed by atoms with Crippen LogP contribution < -0.4 is 5.32 Å². The zero-order valence-electron chi connectivity index (χ0n) is 10.1. The summed E-state index contributed by atoms with van der Waals surface area (Å²) in [7, 11) is 0. The number of ketones is 1. The van der Waals surface area contributed by atoms with Crippen LogP contribution in [0.2, 0.25) is 0 Å². The van der Waals surface area contributed by atoms with E-state index >= 15 is 0 Å². The van der Waals surface area contributed by atoms with Gasteiger partial charge in [-0.1, -0.05) is 48.5 Å². The first-order valence-corrected chi connectivity index (χ1v) is 5.97. The maximum atomic E-state index is 12.1. The second kappa shape index (κ2) is 4.53. The van der Waals surface area contributed by atoms with Crippen LogP contribution >= 0.6 is 0 Å². The van der Waals surface area contributed by atoms with Crippen molar-refractivity contribution in [1.29, 1.82) is 0 Å². The lowest BCUT2D eigenvalue weighted by Crippen LogP contribution is -2.05. The first-order chi connectivity index (χ1) is 9.25. The Morgan fingerprint density at radius 2 is 1.63 bits per heavy atom. The van der Waals surface area contributed by atoms with Crippen molar-refractivity contribution in [1.82, 2.24) is 0 Å². The zero-order chi connectivity index (χ0) is 13.2. The Kier molecular flexibility index (Phi) is 2.72.